The summed E-state index contributed by atoms with van der Waals surface area (Å²) in [5.74, 6) is 0.456. The van der Waals surface area contributed by atoms with Gasteiger partial charge in [0, 0.05) is 12.4 Å². The Balaban J connectivity index is 1.43. The number of aromatic nitrogens is 2. The molecule has 2 heterocycles. The summed E-state index contributed by atoms with van der Waals surface area (Å²) in [7, 11) is 0. The molecule has 0 aliphatic heterocycles. The van der Waals surface area contributed by atoms with E-state index in [1.807, 2.05) is 66.2 Å². The Morgan fingerprint density at radius 1 is 1.17 bits per heavy atom. The van der Waals surface area contributed by atoms with E-state index in [1.165, 1.54) is 5.56 Å². The van der Waals surface area contributed by atoms with Gasteiger partial charge in [-0.05, 0) is 31.2 Å². The molecule has 0 N–H and O–H groups in total. The summed E-state index contributed by atoms with van der Waals surface area (Å²) in [6.45, 7) is 2.48. The van der Waals surface area contributed by atoms with Crippen molar-refractivity contribution in [2.75, 3.05) is 6.61 Å². The lowest BCUT2D eigenvalue weighted by molar-refractivity contribution is -0.145. The van der Waals surface area contributed by atoms with Crippen molar-refractivity contribution in [3.8, 4) is 5.75 Å². The lowest BCUT2D eigenvalue weighted by atomic mass is 10.2. The van der Waals surface area contributed by atoms with Crippen LogP contribution in [0.4, 0.5) is 0 Å². The van der Waals surface area contributed by atoms with Gasteiger partial charge in [0.2, 0.25) is 0 Å². The fourth-order valence-electron chi connectivity index (χ4n) is 2.17. The van der Waals surface area contributed by atoms with E-state index >= 15 is 0 Å². The van der Waals surface area contributed by atoms with Crippen LogP contribution in [-0.2, 0) is 16.1 Å². The van der Waals surface area contributed by atoms with Gasteiger partial charge in [-0.25, -0.2) is 4.98 Å². The van der Waals surface area contributed by atoms with Gasteiger partial charge in [-0.15, -0.1) is 0 Å². The van der Waals surface area contributed by atoms with Crippen LogP contribution in [0.15, 0.2) is 54.9 Å². The van der Waals surface area contributed by atoms with Crippen LogP contribution in [0.1, 0.15) is 17.7 Å². The quantitative estimate of drug-likeness (QED) is 0.656. The number of benzene rings is 1. The van der Waals surface area contributed by atoms with Crippen LogP contribution in [-0.4, -0.2) is 22.0 Å². The number of aryl methyl sites for hydroxylation is 1. The van der Waals surface area contributed by atoms with E-state index < -0.39 is 0 Å². The average Bonchev–Trinajstić information content (AvgIpc) is 2.98. The van der Waals surface area contributed by atoms with E-state index in [2.05, 4.69) is 4.98 Å². The number of imidazole rings is 1. The van der Waals surface area contributed by atoms with Crippen LogP contribution in [0.5, 0.6) is 5.75 Å². The van der Waals surface area contributed by atoms with Crippen LogP contribution in [0.3, 0.4) is 0 Å². The number of ether oxygens (including phenoxy) is 2. The molecule has 0 aliphatic rings. The molecule has 0 atom stereocenters. The minimum atomic E-state index is -0.297. The second-order valence-electron chi connectivity index (χ2n) is 5.27. The summed E-state index contributed by atoms with van der Waals surface area (Å²) in [5.41, 5.74) is 2.73. The third-order valence-corrected chi connectivity index (χ3v) is 3.39. The van der Waals surface area contributed by atoms with Crippen LogP contribution >= 0.6 is 0 Å². The average molecular weight is 310 g/mol. The molecule has 0 bridgehead atoms. The summed E-state index contributed by atoms with van der Waals surface area (Å²) in [5, 5.41) is 0. The fraction of sp³-hybridized carbons (Fsp3) is 0.222. The van der Waals surface area contributed by atoms with Crippen molar-refractivity contribution in [2.45, 2.75) is 20.0 Å². The molecule has 0 saturated carbocycles. The lowest BCUT2D eigenvalue weighted by Crippen LogP contribution is -2.10. The van der Waals surface area contributed by atoms with Crippen LogP contribution in [0.2, 0.25) is 0 Å². The van der Waals surface area contributed by atoms with Crippen molar-refractivity contribution in [1.29, 1.82) is 0 Å². The molecule has 0 spiro atoms. The molecule has 1 aromatic carbocycles. The first-order valence-corrected chi connectivity index (χ1v) is 7.48. The van der Waals surface area contributed by atoms with Gasteiger partial charge in [0.1, 0.15) is 18.0 Å². The Hall–Kier alpha value is -2.82. The van der Waals surface area contributed by atoms with Gasteiger partial charge in [0.15, 0.2) is 0 Å². The normalized spacial score (nSPS) is 10.7. The molecule has 3 aromatic rings. The number of fused-ring (bicyclic) bond motifs is 1. The number of hydrogen-bond acceptors (Lipinski definition) is 4. The molecule has 3 rings (SSSR count). The second-order valence-corrected chi connectivity index (χ2v) is 5.27. The molecule has 0 fully saturated rings. The van der Waals surface area contributed by atoms with Gasteiger partial charge in [-0.2, -0.15) is 0 Å². The molecule has 23 heavy (non-hydrogen) atoms. The van der Waals surface area contributed by atoms with Crippen molar-refractivity contribution in [1.82, 2.24) is 9.38 Å². The van der Waals surface area contributed by atoms with Crippen LogP contribution in [0, 0.1) is 6.92 Å². The standard InChI is InChI=1S/C18H18N2O3/c1-14-5-7-16(8-6-14)22-11-9-18(21)23-13-15-12-20-10-3-2-4-17(20)19-15/h2-8,10,12H,9,11,13H2,1H3. The van der Waals surface area contributed by atoms with Gasteiger partial charge < -0.3 is 13.9 Å². The van der Waals surface area contributed by atoms with E-state index in [-0.39, 0.29) is 19.0 Å². The summed E-state index contributed by atoms with van der Waals surface area (Å²) in [6, 6.07) is 13.5. The molecule has 0 saturated heterocycles. The van der Waals surface area contributed by atoms with Crippen molar-refractivity contribution in [3.05, 3.63) is 66.1 Å². The first-order chi connectivity index (χ1) is 11.2. The summed E-state index contributed by atoms with van der Waals surface area (Å²) in [6.07, 6.45) is 3.97. The van der Waals surface area contributed by atoms with Gasteiger partial charge in [0.25, 0.3) is 0 Å². The van der Waals surface area contributed by atoms with E-state index in [9.17, 15) is 4.79 Å². The van der Waals surface area contributed by atoms with Gasteiger partial charge in [-0.1, -0.05) is 23.8 Å². The number of carbonyl (C=O) groups is 1. The van der Waals surface area contributed by atoms with Crippen LogP contribution < -0.4 is 4.74 Å². The fourth-order valence-corrected chi connectivity index (χ4v) is 2.17. The minimum Gasteiger partial charge on any atom is -0.493 e. The largest absolute Gasteiger partial charge is 0.493 e. The zero-order valence-corrected chi connectivity index (χ0v) is 12.9. The molecule has 5 heteroatoms. The Labute approximate surface area is 134 Å². The third-order valence-electron chi connectivity index (χ3n) is 3.39. The minimum absolute atomic E-state index is 0.172. The number of rotatable bonds is 6. The van der Waals surface area contributed by atoms with Gasteiger partial charge in [-0.3, -0.25) is 4.79 Å². The van der Waals surface area contributed by atoms with Gasteiger partial charge >= 0.3 is 5.97 Å². The maximum Gasteiger partial charge on any atom is 0.309 e. The highest BCUT2D eigenvalue weighted by molar-refractivity contribution is 5.69. The predicted octanol–water partition coefficient (Wildman–Crippen LogP) is 3.16. The Kier molecular flexibility index (Phi) is 4.57. The third kappa shape index (κ3) is 4.10. The maximum absolute atomic E-state index is 11.7. The summed E-state index contributed by atoms with van der Waals surface area (Å²) in [4.78, 5) is 16.1. The smallest absolute Gasteiger partial charge is 0.309 e. The van der Waals surface area contributed by atoms with E-state index in [4.69, 9.17) is 9.47 Å². The molecular formula is C18H18N2O3. The van der Waals surface area contributed by atoms with Crippen LogP contribution in [0.25, 0.3) is 5.65 Å². The lowest BCUT2D eigenvalue weighted by Gasteiger charge is -2.06. The first-order valence-electron chi connectivity index (χ1n) is 7.48. The Morgan fingerprint density at radius 2 is 2.00 bits per heavy atom. The highest BCUT2D eigenvalue weighted by Gasteiger charge is 2.07. The zero-order chi connectivity index (χ0) is 16.1. The topological polar surface area (TPSA) is 52.8 Å². The predicted molar refractivity (Wildman–Crippen MR) is 86.3 cm³/mol. The number of nitrogens with zero attached hydrogens (tertiary/aromatic N) is 2. The highest BCUT2D eigenvalue weighted by atomic mass is 16.5. The maximum atomic E-state index is 11.7. The summed E-state index contributed by atoms with van der Waals surface area (Å²) >= 11 is 0. The zero-order valence-electron chi connectivity index (χ0n) is 12.9. The van der Waals surface area contributed by atoms with E-state index in [1.54, 1.807) is 0 Å². The number of hydrogen-bond donors (Lipinski definition) is 0. The molecule has 0 aliphatic carbocycles. The SMILES string of the molecule is Cc1ccc(OCCC(=O)OCc2cn3ccccc3n2)cc1. The molecule has 0 amide bonds. The monoisotopic (exact) mass is 310 g/mol. The van der Waals surface area contributed by atoms with Crippen molar-refractivity contribution in [3.63, 3.8) is 0 Å². The van der Waals surface area contributed by atoms with E-state index in [0.29, 0.717) is 6.61 Å². The molecule has 5 nitrogen and oxygen atoms in total. The summed E-state index contributed by atoms with van der Waals surface area (Å²) < 4.78 is 12.6. The number of carbonyl (C=O) groups excluding carboxylic acids is 1. The molecule has 118 valence electrons. The molecule has 0 unspecified atom stereocenters. The van der Waals surface area contributed by atoms with E-state index in [0.717, 1.165) is 17.1 Å². The molecule has 2 aromatic heterocycles. The Bertz CT molecular complexity index is 760. The highest BCUT2D eigenvalue weighted by Crippen LogP contribution is 2.12. The first kappa shape index (κ1) is 15.1. The second kappa shape index (κ2) is 6.96. The van der Waals surface area contributed by atoms with Crippen molar-refractivity contribution < 1.29 is 14.3 Å². The molecule has 0 radical (unpaired) electrons. The van der Waals surface area contributed by atoms with Crippen molar-refractivity contribution >= 4 is 11.6 Å². The number of pyridine rings is 1. The van der Waals surface area contributed by atoms with Gasteiger partial charge in [0.05, 0.1) is 18.7 Å². The number of esters is 1. The molecular weight excluding hydrogens is 292 g/mol. The Morgan fingerprint density at radius 3 is 2.78 bits per heavy atom. The van der Waals surface area contributed by atoms with Crippen molar-refractivity contribution in [2.24, 2.45) is 0 Å².